The van der Waals surface area contributed by atoms with E-state index in [9.17, 15) is 14.4 Å². The zero-order chi connectivity index (χ0) is 20.7. The summed E-state index contributed by atoms with van der Waals surface area (Å²) < 4.78 is 16.1. The molecule has 2 amide bonds. The Bertz CT molecular complexity index is 547. The second-order valence-electron chi connectivity index (χ2n) is 8.30. The molecule has 0 aromatic carbocycles. The predicted molar refractivity (Wildman–Crippen MR) is 103 cm³/mol. The summed E-state index contributed by atoms with van der Waals surface area (Å²) in [6, 6.07) is 0. The largest absolute Gasteiger partial charge is 0.450 e. The van der Waals surface area contributed by atoms with Crippen LogP contribution in [0.4, 0.5) is 14.4 Å². The third-order valence-corrected chi connectivity index (χ3v) is 4.91. The molecule has 0 unspecified atom stereocenters. The topological polar surface area (TPSA) is 85.4 Å². The first-order valence-corrected chi connectivity index (χ1v) is 10.3. The van der Waals surface area contributed by atoms with Crippen LogP contribution in [0.2, 0.25) is 0 Å². The van der Waals surface area contributed by atoms with Crippen LogP contribution in [0.5, 0.6) is 0 Å². The summed E-state index contributed by atoms with van der Waals surface area (Å²) >= 11 is 5.28. The first kappa shape index (κ1) is 22.6. The number of rotatable bonds is 2. The van der Waals surface area contributed by atoms with Crippen molar-refractivity contribution in [3.63, 3.8) is 0 Å². The van der Waals surface area contributed by atoms with Crippen molar-refractivity contribution in [2.75, 3.05) is 26.2 Å². The third kappa shape index (κ3) is 7.73. The van der Waals surface area contributed by atoms with Gasteiger partial charge >= 0.3 is 17.6 Å². The highest BCUT2D eigenvalue weighted by Gasteiger charge is 2.29. The number of ether oxygens (including phenoxy) is 3. The molecule has 0 aromatic rings. The lowest BCUT2D eigenvalue weighted by Gasteiger charge is -2.35. The summed E-state index contributed by atoms with van der Waals surface area (Å²) in [6.07, 6.45) is 3.55. The summed E-state index contributed by atoms with van der Waals surface area (Å²) in [5.41, 5.74) is -1.30. The van der Waals surface area contributed by atoms with Gasteiger partial charge in [0.25, 0.3) is 0 Å². The molecule has 9 heteroatoms. The summed E-state index contributed by atoms with van der Waals surface area (Å²) in [6.45, 7) is 7.21. The van der Waals surface area contributed by atoms with E-state index in [-0.39, 0.29) is 24.4 Å². The maximum absolute atomic E-state index is 12.5. The van der Waals surface area contributed by atoms with Crippen molar-refractivity contribution in [1.29, 1.82) is 0 Å². The highest BCUT2D eigenvalue weighted by atomic mass is 35.5. The van der Waals surface area contributed by atoms with E-state index in [1.807, 2.05) is 20.8 Å². The van der Waals surface area contributed by atoms with Gasteiger partial charge in [0.15, 0.2) is 0 Å². The molecule has 0 bridgehead atoms. The Morgan fingerprint density at radius 2 is 1.21 bits per heavy atom. The van der Waals surface area contributed by atoms with E-state index in [2.05, 4.69) is 0 Å². The number of carbonyl (C=O) groups excluding carboxylic acids is 3. The molecule has 160 valence electrons. The molecule has 0 N–H and O–H groups in total. The highest BCUT2D eigenvalue weighted by molar-refractivity contribution is 6.61. The normalized spacial score (nSPS) is 24.0. The van der Waals surface area contributed by atoms with Gasteiger partial charge in [-0.1, -0.05) is 0 Å². The van der Waals surface area contributed by atoms with Gasteiger partial charge in [-0.2, -0.15) is 0 Å². The van der Waals surface area contributed by atoms with Crippen molar-refractivity contribution >= 4 is 29.2 Å². The van der Waals surface area contributed by atoms with Crippen LogP contribution < -0.4 is 0 Å². The second kappa shape index (κ2) is 10.2. The van der Waals surface area contributed by atoms with Crippen molar-refractivity contribution in [1.82, 2.24) is 9.80 Å². The summed E-state index contributed by atoms with van der Waals surface area (Å²) in [5.74, 6) is 0. The van der Waals surface area contributed by atoms with Crippen molar-refractivity contribution in [3.05, 3.63) is 0 Å². The van der Waals surface area contributed by atoms with E-state index >= 15 is 0 Å². The fraction of sp³-hybridized carbons (Fsp3) is 0.842. The molecule has 8 nitrogen and oxygen atoms in total. The van der Waals surface area contributed by atoms with Crippen LogP contribution in [0.25, 0.3) is 0 Å². The fourth-order valence-electron chi connectivity index (χ4n) is 3.42. The molecular formula is C19H31ClN2O6. The van der Waals surface area contributed by atoms with Crippen LogP contribution in [-0.4, -0.2) is 71.4 Å². The molecule has 2 aliphatic rings. The molecule has 1 saturated carbocycles. The summed E-state index contributed by atoms with van der Waals surface area (Å²) in [4.78, 5) is 38.7. The Morgan fingerprint density at radius 3 is 1.64 bits per heavy atom. The number of piperazine rings is 1. The molecule has 1 heterocycles. The molecule has 28 heavy (non-hydrogen) atoms. The van der Waals surface area contributed by atoms with Gasteiger partial charge in [-0.25, -0.2) is 14.4 Å². The number of hydrogen-bond acceptors (Lipinski definition) is 6. The first-order chi connectivity index (χ1) is 13.1. The fourth-order valence-corrected chi connectivity index (χ4v) is 3.54. The number of nitrogens with zero attached hydrogens (tertiary/aromatic N) is 2. The van der Waals surface area contributed by atoms with Crippen LogP contribution in [0.15, 0.2) is 0 Å². The van der Waals surface area contributed by atoms with Gasteiger partial charge in [0.2, 0.25) is 0 Å². The van der Waals surface area contributed by atoms with Crippen LogP contribution >= 0.6 is 11.6 Å². The van der Waals surface area contributed by atoms with Gasteiger partial charge in [0, 0.05) is 37.8 Å². The number of halogens is 1. The summed E-state index contributed by atoms with van der Waals surface area (Å²) in [7, 11) is 0. The van der Waals surface area contributed by atoms with E-state index in [1.54, 1.807) is 9.80 Å². The van der Waals surface area contributed by atoms with Crippen molar-refractivity contribution in [2.24, 2.45) is 0 Å². The Hall–Kier alpha value is -1.70. The van der Waals surface area contributed by atoms with Crippen molar-refractivity contribution < 1.29 is 28.6 Å². The lowest BCUT2D eigenvalue weighted by molar-refractivity contribution is 0.00597. The first-order valence-electron chi connectivity index (χ1n) is 9.93. The van der Waals surface area contributed by atoms with E-state index in [0.29, 0.717) is 26.2 Å². The van der Waals surface area contributed by atoms with Gasteiger partial charge in [0.05, 0.1) is 0 Å². The minimum atomic E-state index is -0.765. The number of amides is 2. The number of carbonyl (C=O) groups is 3. The molecule has 1 aliphatic carbocycles. The molecule has 2 fully saturated rings. The van der Waals surface area contributed by atoms with Gasteiger partial charge in [-0.15, -0.1) is 0 Å². The lowest BCUT2D eigenvalue weighted by atomic mass is 9.96. The minimum absolute atomic E-state index is 0.135. The van der Waals surface area contributed by atoms with Gasteiger partial charge in [0.1, 0.15) is 17.8 Å². The SMILES string of the molecule is CC(C)(C)OC(=O)N1CCN(C(=O)O[C@H]2CCC[C@@H](OC(=O)Cl)CCC2)CC1. The van der Waals surface area contributed by atoms with Crippen LogP contribution in [0, 0.1) is 0 Å². The molecule has 0 radical (unpaired) electrons. The quantitative estimate of drug-likeness (QED) is 0.494. The highest BCUT2D eigenvalue weighted by Crippen LogP contribution is 2.23. The Kier molecular flexibility index (Phi) is 8.22. The van der Waals surface area contributed by atoms with Crippen molar-refractivity contribution in [3.8, 4) is 0 Å². The Morgan fingerprint density at radius 1 is 0.786 bits per heavy atom. The minimum Gasteiger partial charge on any atom is -0.450 e. The predicted octanol–water partition coefficient (Wildman–Crippen LogP) is 4.14. The molecule has 0 atom stereocenters. The van der Waals surface area contributed by atoms with Crippen LogP contribution in [0.3, 0.4) is 0 Å². The summed E-state index contributed by atoms with van der Waals surface area (Å²) in [5, 5.41) is 0. The number of hydrogen-bond donors (Lipinski definition) is 0. The van der Waals surface area contributed by atoms with E-state index < -0.39 is 11.0 Å². The van der Waals surface area contributed by atoms with Gasteiger partial charge in [-0.3, -0.25) is 0 Å². The molecule has 0 aromatic heterocycles. The Labute approximate surface area is 171 Å². The van der Waals surface area contributed by atoms with Crippen LogP contribution in [-0.2, 0) is 14.2 Å². The standard InChI is InChI=1S/C19H31ClN2O6/c1-19(2,3)28-18(25)22-12-10-21(11-13-22)17(24)27-15-8-4-6-14(7-5-9-15)26-16(20)23/h14-15H,4-13H2,1-3H3/t14-,15+. The molecular weight excluding hydrogens is 388 g/mol. The maximum atomic E-state index is 12.5. The monoisotopic (exact) mass is 418 g/mol. The molecule has 0 spiro atoms. The average Bonchev–Trinajstić information content (AvgIpc) is 2.57. The van der Waals surface area contributed by atoms with Gasteiger partial charge < -0.3 is 24.0 Å². The maximum Gasteiger partial charge on any atom is 0.410 e. The lowest BCUT2D eigenvalue weighted by Crippen LogP contribution is -2.52. The van der Waals surface area contributed by atoms with E-state index in [4.69, 9.17) is 25.8 Å². The van der Waals surface area contributed by atoms with Crippen LogP contribution in [0.1, 0.15) is 59.3 Å². The second-order valence-corrected chi connectivity index (χ2v) is 8.61. The zero-order valence-electron chi connectivity index (χ0n) is 16.9. The molecule has 2 rings (SSSR count). The van der Waals surface area contributed by atoms with Gasteiger partial charge in [-0.05, 0) is 59.3 Å². The average molecular weight is 419 g/mol. The molecule has 1 saturated heterocycles. The smallest absolute Gasteiger partial charge is 0.410 e. The zero-order valence-corrected chi connectivity index (χ0v) is 17.7. The Balaban J connectivity index is 1.72. The van der Waals surface area contributed by atoms with E-state index in [1.165, 1.54) is 0 Å². The third-order valence-electron chi connectivity index (χ3n) is 4.82. The molecule has 1 aliphatic heterocycles. The van der Waals surface area contributed by atoms with Crippen molar-refractivity contribution in [2.45, 2.75) is 77.1 Å². The van der Waals surface area contributed by atoms with E-state index in [0.717, 1.165) is 38.5 Å².